The summed E-state index contributed by atoms with van der Waals surface area (Å²) < 4.78 is 11.6. The third-order valence-corrected chi connectivity index (χ3v) is 4.17. The fourth-order valence-corrected chi connectivity index (χ4v) is 2.99. The lowest BCUT2D eigenvalue weighted by Gasteiger charge is -2.13. The molecular formula is C19H18INO5. The van der Waals surface area contributed by atoms with Crippen molar-refractivity contribution in [2.24, 2.45) is 0 Å². The summed E-state index contributed by atoms with van der Waals surface area (Å²) in [5.74, 6) is -0.647. The number of benzene rings is 2. The number of hydrogen-bond donors (Lipinski definition) is 2. The van der Waals surface area contributed by atoms with Gasteiger partial charge in [-0.05, 0) is 65.4 Å². The van der Waals surface area contributed by atoms with Gasteiger partial charge in [-0.15, -0.1) is 0 Å². The van der Waals surface area contributed by atoms with Crippen molar-refractivity contribution in [3.63, 3.8) is 0 Å². The molecule has 7 heteroatoms. The van der Waals surface area contributed by atoms with Crippen molar-refractivity contribution in [2.45, 2.75) is 6.92 Å². The molecule has 0 spiro atoms. The first-order valence-electron chi connectivity index (χ1n) is 7.78. The molecule has 0 aromatic heterocycles. The monoisotopic (exact) mass is 467 g/mol. The SMILES string of the molecule is CCOc1c(I)cc(C=C(NC(=O)c2ccccc2)C(=O)O)cc1OC. The zero-order valence-corrected chi connectivity index (χ0v) is 16.4. The number of carboxylic acids is 1. The van der Waals surface area contributed by atoms with E-state index in [1.165, 1.54) is 13.2 Å². The standard InChI is InChI=1S/C19H18INO5/c1-3-26-17-14(20)9-12(11-16(17)25-2)10-15(19(23)24)21-18(22)13-7-5-4-6-8-13/h4-11H,3H2,1-2H3,(H,21,22)(H,23,24). The van der Waals surface area contributed by atoms with Crippen LogP contribution in [0.15, 0.2) is 48.2 Å². The number of carbonyl (C=O) groups excluding carboxylic acids is 1. The summed E-state index contributed by atoms with van der Waals surface area (Å²) in [7, 11) is 1.51. The lowest BCUT2D eigenvalue weighted by molar-refractivity contribution is -0.132. The maximum atomic E-state index is 12.2. The van der Waals surface area contributed by atoms with E-state index in [1.54, 1.807) is 42.5 Å². The van der Waals surface area contributed by atoms with Crippen LogP contribution in [0.4, 0.5) is 0 Å². The first-order valence-corrected chi connectivity index (χ1v) is 8.85. The normalized spacial score (nSPS) is 11.0. The van der Waals surface area contributed by atoms with Crippen LogP contribution in [0.25, 0.3) is 6.08 Å². The number of halogens is 1. The number of amides is 1. The molecule has 2 rings (SSSR count). The smallest absolute Gasteiger partial charge is 0.352 e. The van der Waals surface area contributed by atoms with Crippen molar-refractivity contribution < 1.29 is 24.2 Å². The maximum absolute atomic E-state index is 12.2. The molecule has 0 saturated heterocycles. The van der Waals surface area contributed by atoms with Crippen LogP contribution >= 0.6 is 22.6 Å². The Balaban J connectivity index is 2.35. The van der Waals surface area contributed by atoms with E-state index in [2.05, 4.69) is 27.9 Å². The van der Waals surface area contributed by atoms with E-state index >= 15 is 0 Å². The molecule has 0 aliphatic rings. The third kappa shape index (κ3) is 4.98. The zero-order chi connectivity index (χ0) is 19.1. The summed E-state index contributed by atoms with van der Waals surface area (Å²) >= 11 is 2.09. The molecule has 0 fully saturated rings. The van der Waals surface area contributed by atoms with Gasteiger partial charge in [-0.1, -0.05) is 18.2 Å². The Morgan fingerprint density at radius 3 is 2.50 bits per heavy atom. The summed E-state index contributed by atoms with van der Waals surface area (Å²) in [4.78, 5) is 23.8. The van der Waals surface area contributed by atoms with Gasteiger partial charge in [0.1, 0.15) is 5.70 Å². The fraction of sp³-hybridized carbons (Fsp3) is 0.158. The first-order chi connectivity index (χ1) is 12.5. The van der Waals surface area contributed by atoms with Gasteiger partial charge in [0.05, 0.1) is 17.3 Å². The van der Waals surface area contributed by atoms with Crippen molar-refractivity contribution in [3.8, 4) is 11.5 Å². The van der Waals surface area contributed by atoms with Gasteiger partial charge in [-0.2, -0.15) is 0 Å². The molecule has 136 valence electrons. The number of carbonyl (C=O) groups is 2. The summed E-state index contributed by atoms with van der Waals surface area (Å²) in [5, 5.41) is 11.9. The average Bonchev–Trinajstić information content (AvgIpc) is 2.63. The van der Waals surface area contributed by atoms with Crippen LogP contribution in [0.3, 0.4) is 0 Å². The van der Waals surface area contributed by atoms with E-state index < -0.39 is 11.9 Å². The number of aliphatic carboxylic acids is 1. The minimum Gasteiger partial charge on any atom is -0.493 e. The van der Waals surface area contributed by atoms with E-state index in [4.69, 9.17) is 9.47 Å². The van der Waals surface area contributed by atoms with Crippen molar-refractivity contribution >= 4 is 40.5 Å². The number of hydrogen-bond acceptors (Lipinski definition) is 4. The molecule has 0 saturated carbocycles. The number of carboxylic acid groups (broad SMARTS) is 1. The summed E-state index contributed by atoms with van der Waals surface area (Å²) in [6.45, 7) is 2.35. The second kappa shape index (κ2) is 9.23. The number of nitrogens with one attached hydrogen (secondary N) is 1. The molecular weight excluding hydrogens is 449 g/mol. The Bertz CT molecular complexity index is 833. The fourth-order valence-electron chi connectivity index (χ4n) is 2.21. The lowest BCUT2D eigenvalue weighted by atomic mass is 10.1. The molecule has 0 bridgehead atoms. The van der Waals surface area contributed by atoms with Crippen LogP contribution in [0.2, 0.25) is 0 Å². The molecule has 2 N–H and O–H groups in total. The number of methoxy groups -OCH3 is 1. The van der Waals surface area contributed by atoms with Crippen LogP contribution in [0, 0.1) is 3.57 Å². The van der Waals surface area contributed by atoms with Gasteiger partial charge in [-0.3, -0.25) is 4.79 Å². The lowest BCUT2D eigenvalue weighted by Crippen LogP contribution is -2.27. The minimum atomic E-state index is -1.24. The highest BCUT2D eigenvalue weighted by molar-refractivity contribution is 14.1. The van der Waals surface area contributed by atoms with E-state index in [9.17, 15) is 14.7 Å². The highest BCUT2D eigenvalue weighted by Gasteiger charge is 2.15. The Morgan fingerprint density at radius 1 is 1.23 bits per heavy atom. The minimum absolute atomic E-state index is 0.235. The van der Waals surface area contributed by atoms with Gasteiger partial charge in [0.2, 0.25) is 0 Å². The summed E-state index contributed by atoms with van der Waals surface area (Å²) in [6.07, 6.45) is 1.38. The first kappa shape index (κ1) is 19.8. The quantitative estimate of drug-likeness (QED) is 0.481. The topological polar surface area (TPSA) is 84.9 Å². The predicted octanol–water partition coefficient (Wildman–Crippen LogP) is 3.55. The van der Waals surface area contributed by atoms with Crippen LogP contribution in [-0.2, 0) is 4.79 Å². The average molecular weight is 467 g/mol. The molecule has 0 unspecified atom stereocenters. The predicted molar refractivity (Wildman–Crippen MR) is 106 cm³/mol. The molecule has 0 atom stereocenters. The molecule has 2 aromatic rings. The van der Waals surface area contributed by atoms with Crippen molar-refractivity contribution in [1.29, 1.82) is 0 Å². The highest BCUT2D eigenvalue weighted by Crippen LogP contribution is 2.34. The van der Waals surface area contributed by atoms with Gasteiger partial charge in [0, 0.05) is 5.56 Å². The Hall–Kier alpha value is -2.55. The van der Waals surface area contributed by atoms with Gasteiger partial charge in [0.15, 0.2) is 11.5 Å². The van der Waals surface area contributed by atoms with Gasteiger partial charge < -0.3 is 19.9 Å². The van der Waals surface area contributed by atoms with E-state index in [0.29, 0.717) is 29.2 Å². The second-order valence-electron chi connectivity index (χ2n) is 5.15. The highest BCUT2D eigenvalue weighted by atomic mass is 127. The Kier molecular flexibility index (Phi) is 7.02. The van der Waals surface area contributed by atoms with Gasteiger partial charge in [-0.25, -0.2) is 4.79 Å². The van der Waals surface area contributed by atoms with Gasteiger partial charge in [0.25, 0.3) is 5.91 Å². The van der Waals surface area contributed by atoms with Gasteiger partial charge >= 0.3 is 5.97 Å². The molecule has 0 heterocycles. The summed E-state index contributed by atoms with van der Waals surface area (Å²) in [5.41, 5.74) is 0.708. The molecule has 26 heavy (non-hydrogen) atoms. The van der Waals surface area contributed by atoms with Crippen LogP contribution in [-0.4, -0.2) is 30.7 Å². The molecule has 0 radical (unpaired) electrons. The van der Waals surface area contributed by atoms with E-state index in [-0.39, 0.29) is 5.70 Å². The van der Waals surface area contributed by atoms with Crippen molar-refractivity contribution in [1.82, 2.24) is 5.32 Å². The third-order valence-electron chi connectivity index (χ3n) is 3.37. The van der Waals surface area contributed by atoms with Crippen LogP contribution in [0.5, 0.6) is 11.5 Å². The Morgan fingerprint density at radius 2 is 1.92 bits per heavy atom. The second-order valence-corrected chi connectivity index (χ2v) is 6.31. The molecule has 0 aliphatic carbocycles. The Labute approximate surface area is 165 Å². The van der Waals surface area contributed by atoms with E-state index in [1.807, 2.05) is 6.92 Å². The van der Waals surface area contributed by atoms with Crippen molar-refractivity contribution in [2.75, 3.05) is 13.7 Å². The number of rotatable bonds is 7. The van der Waals surface area contributed by atoms with Crippen molar-refractivity contribution in [3.05, 3.63) is 62.9 Å². The van der Waals surface area contributed by atoms with Crippen LogP contribution < -0.4 is 14.8 Å². The molecule has 1 amide bonds. The molecule has 0 aliphatic heterocycles. The maximum Gasteiger partial charge on any atom is 0.352 e. The number of ether oxygens (including phenoxy) is 2. The van der Waals surface area contributed by atoms with Crippen LogP contribution in [0.1, 0.15) is 22.8 Å². The van der Waals surface area contributed by atoms with E-state index in [0.717, 1.165) is 3.57 Å². The summed E-state index contributed by atoms with van der Waals surface area (Å²) in [6, 6.07) is 11.8. The largest absolute Gasteiger partial charge is 0.493 e. The molecule has 2 aromatic carbocycles. The zero-order valence-electron chi connectivity index (χ0n) is 14.3. The molecule has 6 nitrogen and oxygen atoms in total.